The van der Waals surface area contributed by atoms with E-state index in [0.717, 1.165) is 11.3 Å². The summed E-state index contributed by atoms with van der Waals surface area (Å²) in [4.78, 5) is 20.6. The lowest BCUT2D eigenvalue weighted by atomic mass is 10.2. The Labute approximate surface area is 152 Å². The molecule has 0 aliphatic rings. The van der Waals surface area contributed by atoms with Crippen molar-refractivity contribution in [3.63, 3.8) is 0 Å². The number of benzene rings is 1. The standard InChI is InChI=1S/C20H20N4O2/c25-20(23-11-12-26-18-6-2-1-3-7-18)17-8-10-22-19(13-17)24-15-16-5-4-9-21-14-16/h1-10,13-14H,11-12,15H2,(H,22,24)(H,23,25). The van der Waals surface area contributed by atoms with Crippen molar-refractivity contribution in [3.05, 3.63) is 84.3 Å². The van der Waals surface area contributed by atoms with Gasteiger partial charge >= 0.3 is 0 Å². The fourth-order valence-electron chi connectivity index (χ4n) is 2.32. The first kappa shape index (κ1) is 17.4. The van der Waals surface area contributed by atoms with Crippen LogP contribution in [-0.4, -0.2) is 29.0 Å². The van der Waals surface area contributed by atoms with Crippen molar-refractivity contribution in [2.75, 3.05) is 18.5 Å². The van der Waals surface area contributed by atoms with E-state index in [-0.39, 0.29) is 5.91 Å². The molecule has 0 atom stereocenters. The molecule has 1 amide bonds. The minimum Gasteiger partial charge on any atom is -0.492 e. The number of nitrogens with zero attached hydrogens (tertiary/aromatic N) is 2. The van der Waals surface area contributed by atoms with Crippen LogP contribution in [0.3, 0.4) is 0 Å². The molecule has 0 radical (unpaired) electrons. The Kier molecular flexibility index (Phi) is 6.14. The minimum absolute atomic E-state index is 0.159. The normalized spacial score (nSPS) is 10.2. The van der Waals surface area contributed by atoms with Crippen molar-refractivity contribution >= 4 is 11.7 Å². The monoisotopic (exact) mass is 348 g/mol. The van der Waals surface area contributed by atoms with Crippen molar-refractivity contribution in [2.45, 2.75) is 6.54 Å². The number of carbonyl (C=O) groups is 1. The summed E-state index contributed by atoms with van der Waals surface area (Å²) in [6.07, 6.45) is 5.13. The van der Waals surface area contributed by atoms with Gasteiger partial charge in [-0.1, -0.05) is 24.3 Å². The summed E-state index contributed by atoms with van der Waals surface area (Å²) in [5.74, 6) is 1.27. The number of amides is 1. The molecule has 2 heterocycles. The highest BCUT2D eigenvalue weighted by Gasteiger charge is 2.06. The molecule has 26 heavy (non-hydrogen) atoms. The molecule has 0 saturated carbocycles. The summed E-state index contributed by atoms with van der Waals surface area (Å²) in [5.41, 5.74) is 1.59. The Balaban J connectivity index is 1.46. The number of rotatable bonds is 8. The lowest BCUT2D eigenvalue weighted by Gasteiger charge is -2.09. The zero-order valence-electron chi connectivity index (χ0n) is 14.3. The van der Waals surface area contributed by atoms with Crippen molar-refractivity contribution in [1.82, 2.24) is 15.3 Å². The fraction of sp³-hybridized carbons (Fsp3) is 0.150. The SMILES string of the molecule is O=C(NCCOc1ccccc1)c1ccnc(NCc2cccnc2)c1. The molecule has 6 heteroatoms. The van der Waals surface area contributed by atoms with Crippen LogP contribution in [0.4, 0.5) is 5.82 Å². The second-order valence-corrected chi connectivity index (χ2v) is 5.56. The molecule has 132 valence electrons. The molecular formula is C20H20N4O2. The molecular weight excluding hydrogens is 328 g/mol. The van der Waals surface area contributed by atoms with Gasteiger partial charge in [-0.3, -0.25) is 9.78 Å². The molecule has 2 aromatic heterocycles. The van der Waals surface area contributed by atoms with Gasteiger partial charge in [0, 0.05) is 30.7 Å². The van der Waals surface area contributed by atoms with Gasteiger partial charge in [-0.15, -0.1) is 0 Å². The van der Waals surface area contributed by atoms with Gasteiger partial charge < -0.3 is 15.4 Å². The zero-order valence-corrected chi connectivity index (χ0v) is 14.3. The number of hydrogen-bond acceptors (Lipinski definition) is 5. The Morgan fingerprint density at radius 2 is 1.92 bits per heavy atom. The molecule has 0 saturated heterocycles. The van der Waals surface area contributed by atoms with Crippen LogP contribution < -0.4 is 15.4 Å². The Morgan fingerprint density at radius 3 is 2.73 bits per heavy atom. The van der Waals surface area contributed by atoms with E-state index in [1.54, 1.807) is 30.7 Å². The number of pyridine rings is 2. The number of hydrogen-bond donors (Lipinski definition) is 2. The summed E-state index contributed by atoms with van der Waals surface area (Å²) in [7, 11) is 0. The highest BCUT2D eigenvalue weighted by Crippen LogP contribution is 2.09. The van der Waals surface area contributed by atoms with Crippen LogP contribution in [0, 0.1) is 0 Å². The lowest BCUT2D eigenvalue weighted by molar-refractivity contribution is 0.0947. The lowest BCUT2D eigenvalue weighted by Crippen LogP contribution is -2.28. The van der Waals surface area contributed by atoms with E-state index in [1.807, 2.05) is 42.5 Å². The van der Waals surface area contributed by atoms with Crippen LogP contribution in [-0.2, 0) is 6.54 Å². The third-order valence-corrected chi connectivity index (χ3v) is 3.62. The topological polar surface area (TPSA) is 76.1 Å². The summed E-state index contributed by atoms with van der Waals surface area (Å²) in [6, 6.07) is 16.8. The largest absolute Gasteiger partial charge is 0.492 e. The third kappa shape index (κ3) is 5.31. The van der Waals surface area contributed by atoms with Crippen LogP contribution in [0.2, 0.25) is 0 Å². The van der Waals surface area contributed by atoms with E-state index < -0.39 is 0 Å². The highest BCUT2D eigenvalue weighted by molar-refractivity contribution is 5.94. The van der Waals surface area contributed by atoms with Crippen LogP contribution in [0.15, 0.2) is 73.2 Å². The second-order valence-electron chi connectivity index (χ2n) is 5.56. The maximum absolute atomic E-state index is 12.3. The predicted octanol–water partition coefficient (Wildman–Crippen LogP) is 2.90. The Morgan fingerprint density at radius 1 is 1.04 bits per heavy atom. The Bertz CT molecular complexity index is 825. The van der Waals surface area contributed by atoms with Crippen molar-refractivity contribution < 1.29 is 9.53 Å². The number of carbonyl (C=O) groups excluding carboxylic acids is 1. The van der Waals surface area contributed by atoms with Gasteiger partial charge in [-0.2, -0.15) is 0 Å². The van der Waals surface area contributed by atoms with E-state index >= 15 is 0 Å². The summed E-state index contributed by atoms with van der Waals surface area (Å²) in [6.45, 7) is 1.43. The quantitative estimate of drug-likeness (QED) is 0.612. The van der Waals surface area contributed by atoms with Crippen molar-refractivity contribution in [2.24, 2.45) is 0 Å². The van der Waals surface area contributed by atoms with Crippen molar-refractivity contribution in [3.8, 4) is 5.75 Å². The fourth-order valence-corrected chi connectivity index (χ4v) is 2.32. The molecule has 0 unspecified atom stereocenters. The van der Waals surface area contributed by atoms with E-state index in [9.17, 15) is 4.79 Å². The average Bonchev–Trinajstić information content (AvgIpc) is 2.71. The number of nitrogens with one attached hydrogen (secondary N) is 2. The van der Waals surface area contributed by atoms with Gasteiger partial charge in [-0.05, 0) is 35.9 Å². The second kappa shape index (κ2) is 9.17. The molecule has 0 spiro atoms. The number of ether oxygens (including phenoxy) is 1. The van der Waals surface area contributed by atoms with Crippen LogP contribution >= 0.6 is 0 Å². The van der Waals surface area contributed by atoms with Crippen LogP contribution in [0.1, 0.15) is 15.9 Å². The summed E-state index contributed by atoms with van der Waals surface area (Å²) < 4.78 is 5.56. The first-order valence-electron chi connectivity index (χ1n) is 8.36. The third-order valence-electron chi connectivity index (χ3n) is 3.62. The molecule has 0 bridgehead atoms. The van der Waals surface area contributed by atoms with E-state index in [2.05, 4.69) is 20.6 Å². The molecule has 0 aliphatic heterocycles. The van der Waals surface area contributed by atoms with Gasteiger partial charge in [0.1, 0.15) is 18.2 Å². The maximum Gasteiger partial charge on any atom is 0.251 e. The first-order chi connectivity index (χ1) is 12.8. The smallest absolute Gasteiger partial charge is 0.251 e. The molecule has 1 aromatic carbocycles. The van der Waals surface area contributed by atoms with Crippen LogP contribution in [0.25, 0.3) is 0 Å². The first-order valence-corrected chi connectivity index (χ1v) is 8.36. The summed E-state index contributed by atoms with van der Waals surface area (Å²) >= 11 is 0. The number of anilines is 1. The van der Waals surface area contributed by atoms with Gasteiger partial charge in [-0.25, -0.2) is 4.98 Å². The maximum atomic E-state index is 12.3. The van der Waals surface area contributed by atoms with Gasteiger partial charge in [0.05, 0.1) is 6.54 Å². The minimum atomic E-state index is -0.159. The Hall–Kier alpha value is -3.41. The van der Waals surface area contributed by atoms with E-state index in [4.69, 9.17) is 4.74 Å². The zero-order chi connectivity index (χ0) is 18.0. The predicted molar refractivity (Wildman–Crippen MR) is 100 cm³/mol. The highest BCUT2D eigenvalue weighted by atomic mass is 16.5. The molecule has 6 nitrogen and oxygen atoms in total. The molecule has 0 fully saturated rings. The van der Waals surface area contributed by atoms with Crippen LogP contribution in [0.5, 0.6) is 5.75 Å². The number of aromatic nitrogens is 2. The molecule has 0 aliphatic carbocycles. The number of para-hydroxylation sites is 1. The van der Waals surface area contributed by atoms with E-state index in [0.29, 0.717) is 31.1 Å². The molecule has 3 aromatic rings. The van der Waals surface area contributed by atoms with E-state index in [1.165, 1.54) is 0 Å². The molecule has 2 N–H and O–H groups in total. The van der Waals surface area contributed by atoms with Gasteiger partial charge in [0.2, 0.25) is 0 Å². The van der Waals surface area contributed by atoms with Gasteiger partial charge in [0.25, 0.3) is 5.91 Å². The van der Waals surface area contributed by atoms with Crippen molar-refractivity contribution in [1.29, 1.82) is 0 Å². The van der Waals surface area contributed by atoms with Gasteiger partial charge in [0.15, 0.2) is 0 Å². The average molecular weight is 348 g/mol. The molecule has 3 rings (SSSR count). The summed E-state index contributed by atoms with van der Waals surface area (Å²) in [5, 5.41) is 6.03.